The number of nitrogens with zero attached hydrogens (tertiary/aromatic N) is 2. The number of alkyl halides is 3. The zero-order valence-electron chi connectivity index (χ0n) is 22.1. The molecule has 3 aliphatic heterocycles. The Labute approximate surface area is 285 Å². The van der Waals surface area contributed by atoms with Crippen molar-refractivity contribution in [1.82, 2.24) is 20.7 Å². The molecule has 2 aromatic rings. The summed E-state index contributed by atoms with van der Waals surface area (Å²) >= 11 is 6.95. The topological polar surface area (TPSA) is 134 Å². The van der Waals surface area contributed by atoms with Crippen LogP contribution in [0.1, 0.15) is 49.9 Å². The first kappa shape index (κ1) is 34.7. The smallest absolute Gasteiger partial charge is 0.310 e. The number of nitrogens with one attached hydrogen (secondary N) is 2. The number of esters is 1. The van der Waals surface area contributed by atoms with Gasteiger partial charge < -0.3 is 20.1 Å². The van der Waals surface area contributed by atoms with Gasteiger partial charge in [-0.2, -0.15) is 0 Å². The Balaban J connectivity index is 0.000000911. The van der Waals surface area contributed by atoms with Gasteiger partial charge in [0.2, 0.25) is 18.1 Å². The van der Waals surface area contributed by atoms with Gasteiger partial charge in [-0.15, -0.1) is 0 Å². The van der Waals surface area contributed by atoms with Crippen molar-refractivity contribution in [2.75, 3.05) is 13.7 Å². The third-order valence-corrected chi connectivity index (χ3v) is 7.03. The van der Waals surface area contributed by atoms with Crippen LogP contribution in [0.4, 0.5) is 0 Å². The average molecular weight is 918 g/mol. The van der Waals surface area contributed by atoms with Crippen LogP contribution in [-0.4, -0.2) is 77.6 Å². The highest BCUT2D eigenvalue weighted by molar-refractivity contribution is 14.3. The molecule has 42 heavy (non-hydrogen) atoms. The molecule has 0 radical (unpaired) electrons. The van der Waals surface area contributed by atoms with Crippen LogP contribution in [-0.2, 0) is 28.7 Å². The number of fused-ring (bicyclic) bond motifs is 2. The standard InChI is InChI=1S/C26H28N4O7.CHI3.CH4/c1-36-26-19(14-22(32)37-26)28-24(34)20-10-5-13-29-21(31)12-11-18(25(35)30(20)29)27-23(33)17-9-4-7-15-6-2-3-8-16(15)17;2-1(3)4;/h2-4,6-9,18-20,26H,5,10-14H2,1H3,(H,27,33)(H,28,34);1H;1H4/t18-,19-,20-,26?;;/m0../s1. The molecule has 0 bridgehead atoms. The number of cyclic esters (lactones) is 1. The number of carbonyl (C=O) groups is 5. The van der Waals surface area contributed by atoms with Crippen molar-refractivity contribution in [3.05, 3.63) is 48.0 Å². The third-order valence-electron chi connectivity index (χ3n) is 7.03. The summed E-state index contributed by atoms with van der Waals surface area (Å²) in [4.78, 5) is 64.9. The van der Waals surface area contributed by atoms with E-state index in [9.17, 15) is 24.0 Å². The van der Waals surface area contributed by atoms with E-state index in [1.807, 2.05) is 30.3 Å². The van der Waals surface area contributed by atoms with E-state index in [1.54, 1.807) is 12.1 Å². The molecule has 0 aliphatic carbocycles. The molecule has 4 atom stereocenters. The first-order valence-electron chi connectivity index (χ1n) is 13.0. The van der Waals surface area contributed by atoms with Crippen molar-refractivity contribution >= 4 is 108 Å². The van der Waals surface area contributed by atoms with Crippen LogP contribution in [0.2, 0.25) is 0 Å². The fraction of sp³-hybridized carbons (Fsp3) is 0.464. The summed E-state index contributed by atoms with van der Waals surface area (Å²) in [7, 11) is 1.37. The Morgan fingerprint density at radius 2 is 1.71 bits per heavy atom. The van der Waals surface area contributed by atoms with Gasteiger partial charge >= 0.3 is 5.97 Å². The molecule has 14 heteroatoms. The summed E-state index contributed by atoms with van der Waals surface area (Å²) in [6.07, 6.45) is 0.0290. The van der Waals surface area contributed by atoms with Crippen LogP contribution in [0.15, 0.2) is 42.5 Å². The molecule has 0 aromatic heterocycles. The van der Waals surface area contributed by atoms with Gasteiger partial charge in [-0.05, 0) is 36.1 Å². The maximum atomic E-state index is 13.7. The van der Waals surface area contributed by atoms with Gasteiger partial charge in [0.25, 0.3) is 11.8 Å². The lowest BCUT2D eigenvalue weighted by Crippen LogP contribution is -2.64. The molecule has 3 aliphatic rings. The maximum Gasteiger partial charge on any atom is 0.310 e. The first-order valence-corrected chi connectivity index (χ1v) is 16.7. The summed E-state index contributed by atoms with van der Waals surface area (Å²) in [6.45, 7) is 0.296. The van der Waals surface area contributed by atoms with Gasteiger partial charge in [0.1, 0.15) is 18.1 Å². The van der Waals surface area contributed by atoms with Gasteiger partial charge in [0.15, 0.2) is 0 Å². The largest absolute Gasteiger partial charge is 0.433 e. The Kier molecular flexibility index (Phi) is 13.0. The molecule has 11 nitrogen and oxygen atoms in total. The number of ether oxygens (including phenoxy) is 2. The van der Waals surface area contributed by atoms with Crippen molar-refractivity contribution in [2.45, 2.75) is 63.9 Å². The second kappa shape index (κ2) is 15.8. The third kappa shape index (κ3) is 8.22. The van der Waals surface area contributed by atoms with E-state index in [-0.39, 0.29) is 32.6 Å². The van der Waals surface area contributed by atoms with Crippen LogP contribution in [0.5, 0.6) is 0 Å². The Morgan fingerprint density at radius 1 is 1.02 bits per heavy atom. The number of hydrazine groups is 1. The summed E-state index contributed by atoms with van der Waals surface area (Å²) in [5.41, 5.74) is 0.419. The molecule has 4 amide bonds. The van der Waals surface area contributed by atoms with E-state index < -0.39 is 48.1 Å². The van der Waals surface area contributed by atoms with Gasteiger partial charge in [0.05, 0.1) is 6.42 Å². The highest BCUT2D eigenvalue weighted by Gasteiger charge is 2.46. The predicted octanol–water partition coefficient (Wildman–Crippen LogP) is 4.08. The number of amides is 4. The molecule has 3 heterocycles. The normalized spacial score (nSPS) is 23.7. The van der Waals surface area contributed by atoms with Gasteiger partial charge in [-0.25, -0.2) is 5.01 Å². The number of hydrogen-bond donors (Lipinski definition) is 2. The molecule has 3 fully saturated rings. The number of methoxy groups -OCH3 is 1. The second-order valence-corrected chi connectivity index (χ2v) is 20.5. The number of hydrogen-bond acceptors (Lipinski definition) is 7. The SMILES string of the molecule is C.COC1OC(=O)C[C@@H]1NC(=O)[C@@H]1CCCN2C(=O)CC[C@H](NC(=O)c3cccc4ccccc34)C(=O)N12.IC(I)I. The fourth-order valence-electron chi connectivity index (χ4n) is 5.21. The van der Waals surface area contributed by atoms with E-state index in [4.69, 9.17) is 9.47 Å². The highest BCUT2D eigenvalue weighted by Crippen LogP contribution is 2.27. The van der Waals surface area contributed by atoms with E-state index in [1.165, 1.54) is 17.1 Å². The van der Waals surface area contributed by atoms with Crippen molar-refractivity contribution in [3.63, 3.8) is 0 Å². The zero-order valence-corrected chi connectivity index (χ0v) is 28.5. The van der Waals surface area contributed by atoms with E-state index >= 15 is 0 Å². The molecular weight excluding hydrogens is 885 g/mol. The summed E-state index contributed by atoms with van der Waals surface area (Å²) in [5.74, 6) is -2.27. The van der Waals surface area contributed by atoms with Crippen molar-refractivity contribution in [1.29, 1.82) is 0 Å². The molecule has 2 aromatic carbocycles. The molecule has 228 valence electrons. The van der Waals surface area contributed by atoms with E-state index in [0.717, 1.165) is 10.7 Å². The van der Waals surface area contributed by atoms with Crippen LogP contribution in [0.3, 0.4) is 0 Å². The van der Waals surface area contributed by atoms with Crippen molar-refractivity contribution in [3.8, 4) is 0 Å². The minimum Gasteiger partial charge on any atom is -0.433 e. The predicted molar refractivity (Wildman–Crippen MR) is 182 cm³/mol. The molecule has 1 unspecified atom stereocenters. The maximum absolute atomic E-state index is 13.7. The fourth-order valence-corrected chi connectivity index (χ4v) is 5.21. The first-order chi connectivity index (χ1) is 19.6. The Morgan fingerprint density at radius 3 is 2.43 bits per heavy atom. The minimum absolute atomic E-state index is 0. The molecule has 0 saturated carbocycles. The molecule has 5 rings (SSSR count). The molecule has 0 spiro atoms. The van der Waals surface area contributed by atoms with Crippen LogP contribution in [0.25, 0.3) is 10.8 Å². The summed E-state index contributed by atoms with van der Waals surface area (Å²) in [6, 6.07) is 10.1. The van der Waals surface area contributed by atoms with Crippen molar-refractivity contribution in [2.24, 2.45) is 0 Å². The van der Waals surface area contributed by atoms with Gasteiger partial charge in [0, 0.05) is 25.6 Å². The number of benzene rings is 2. The van der Waals surface area contributed by atoms with E-state index in [2.05, 4.69) is 78.4 Å². The highest BCUT2D eigenvalue weighted by atomic mass is 127. The quantitative estimate of drug-likeness (QED) is 0.263. The monoisotopic (exact) mass is 918 g/mol. The average Bonchev–Trinajstić information content (AvgIpc) is 3.26. The summed E-state index contributed by atoms with van der Waals surface area (Å²) in [5, 5.41) is 9.67. The number of rotatable bonds is 5. The number of halogens is 3. The molecule has 3 saturated heterocycles. The lowest BCUT2D eigenvalue weighted by atomic mass is 10.0. The van der Waals surface area contributed by atoms with Crippen LogP contribution in [0, 0.1) is 0 Å². The lowest BCUT2D eigenvalue weighted by molar-refractivity contribution is -0.177. The van der Waals surface area contributed by atoms with Gasteiger partial charge in [-0.3, -0.25) is 29.0 Å². The molecular formula is C28H33I3N4O7. The second-order valence-electron chi connectivity index (χ2n) is 9.61. The summed E-state index contributed by atoms with van der Waals surface area (Å²) < 4.78 is 10.9. The van der Waals surface area contributed by atoms with E-state index in [0.29, 0.717) is 24.9 Å². The minimum atomic E-state index is -0.989. The van der Waals surface area contributed by atoms with Crippen molar-refractivity contribution < 1.29 is 33.4 Å². The van der Waals surface area contributed by atoms with Gasteiger partial charge in [-0.1, -0.05) is 112 Å². The lowest BCUT2D eigenvalue weighted by Gasteiger charge is -2.43. The molecule has 2 N–H and O–H groups in total. The van der Waals surface area contributed by atoms with Crippen LogP contribution < -0.4 is 10.6 Å². The zero-order chi connectivity index (χ0) is 29.7. The Bertz CT molecular complexity index is 1320. The van der Waals surface area contributed by atoms with Crippen LogP contribution >= 0.6 is 67.8 Å². The Hall–Kier alpha value is -1.80. The number of carbonyl (C=O) groups excluding carboxylic acids is 5.